The predicted octanol–water partition coefficient (Wildman–Crippen LogP) is 4.92. The van der Waals surface area contributed by atoms with E-state index in [1.807, 2.05) is 42.9 Å². The van der Waals surface area contributed by atoms with Crippen molar-refractivity contribution < 1.29 is 0 Å². The average Bonchev–Trinajstić information content (AvgIpc) is 3.11. The topological polar surface area (TPSA) is 43.1 Å². The highest BCUT2D eigenvalue weighted by atomic mass is 15.0. The van der Waals surface area contributed by atoms with Gasteiger partial charge in [0.25, 0.3) is 0 Å². The van der Waals surface area contributed by atoms with Crippen LogP contribution in [0.3, 0.4) is 0 Å². The molecule has 5 aromatic rings. The van der Waals surface area contributed by atoms with E-state index in [9.17, 15) is 0 Å². The Morgan fingerprint density at radius 3 is 2.69 bits per heavy atom. The number of rotatable bonds is 2. The monoisotopic (exact) mass is 336 g/mol. The normalized spacial score (nSPS) is 11.3. The van der Waals surface area contributed by atoms with Crippen LogP contribution in [-0.4, -0.2) is 19.4 Å². The fourth-order valence-corrected chi connectivity index (χ4v) is 3.34. The van der Waals surface area contributed by atoms with E-state index < -0.39 is 0 Å². The molecule has 0 N–H and O–H groups in total. The number of nitrogens with zero attached hydrogens (tertiary/aromatic N) is 4. The highest BCUT2D eigenvalue weighted by molar-refractivity contribution is 5.84. The fourth-order valence-electron chi connectivity index (χ4n) is 3.34. The molecule has 0 spiro atoms. The van der Waals surface area contributed by atoms with E-state index in [0.29, 0.717) is 0 Å². The summed E-state index contributed by atoms with van der Waals surface area (Å²) in [6.07, 6.45) is 7.61. The zero-order valence-corrected chi connectivity index (χ0v) is 14.3. The number of imidazole rings is 1. The Morgan fingerprint density at radius 1 is 0.846 bits per heavy atom. The molecule has 0 unspecified atom stereocenters. The minimum Gasteiger partial charge on any atom is -0.296 e. The van der Waals surface area contributed by atoms with Crippen LogP contribution in [0.4, 0.5) is 0 Å². The standard InChI is InChI=1S/C22H16N4/c1-15-5-2-3-7-18(15)20-14-26-21(12-25-22(26)13-24-20)17-8-9-19-16(11-17)6-4-10-23-19/h2-14H,1H3. The van der Waals surface area contributed by atoms with Crippen LogP contribution in [0.5, 0.6) is 0 Å². The highest BCUT2D eigenvalue weighted by Gasteiger charge is 2.10. The van der Waals surface area contributed by atoms with Gasteiger partial charge in [0.05, 0.1) is 29.3 Å². The Labute approximate surface area is 150 Å². The molecule has 0 aliphatic carbocycles. The number of fused-ring (bicyclic) bond motifs is 2. The number of pyridine rings is 1. The van der Waals surface area contributed by atoms with Crippen LogP contribution in [0.2, 0.25) is 0 Å². The van der Waals surface area contributed by atoms with Crippen LogP contribution >= 0.6 is 0 Å². The molecule has 26 heavy (non-hydrogen) atoms. The predicted molar refractivity (Wildman–Crippen MR) is 104 cm³/mol. The maximum absolute atomic E-state index is 4.60. The molecule has 0 saturated heterocycles. The second-order valence-corrected chi connectivity index (χ2v) is 6.37. The fraction of sp³-hybridized carbons (Fsp3) is 0.0455. The number of benzene rings is 2. The van der Waals surface area contributed by atoms with Crippen LogP contribution < -0.4 is 0 Å². The van der Waals surface area contributed by atoms with Crippen molar-refractivity contribution >= 4 is 16.6 Å². The maximum atomic E-state index is 4.60. The third kappa shape index (κ3) is 2.35. The van der Waals surface area contributed by atoms with Gasteiger partial charge in [-0.15, -0.1) is 0 Å². The molecule has 0 aliphatic rings. The van der Waals surface area contributed by atoms with Gasteiger partial charge in [0.1, 0.15) is 0 Å². The molecule has 124 valence electrons. The van der Waals surface area contributed by atoms with Crippen molar-refractivity contribution in [2.75, 3.05) is 0 Å². The molecule has 0 atom stereocenters. The van der Waals surface area contributed by atoms with Crippen LogP contribution in [0.25, 0.3) is 39.1 Å². The number of hydrogen-bond acceptors (Lipinski definition) is 3. The quantitative estimate of drug-likeness (QED) is 0.459. The van der Waals surface area contributed by atoms with E-state index in [-0.39, 0.29) is 0 Å². The molecular weight excluding hydrogens is 320 g/mol. The number of aryl methyl sites for hydroxylation is 1. The van der Waals surface area contributed by atoms with E-state index in [1.165, 1.54) is 5.56 Å². The van der Waals surface area contributed by atoms with Crippen molar-refractivity contribution in [2.45, 2.75) is 6.92 Å². The van der Waals surface area contributed by atoms with E-state index >= 15 is 0 Å². The summed E-state index contributed by atoms with van der Waals surface area (Å²) in [5, 5.41) is 1.12. The van der Waals surface area contributed by atoms with Gasteiger partial charge in [-0.25, -0.2) is 4.98 Å². The SMILES string of the molecule is Cc1ccccc1-c1cn2c(-c3ccc4ncccc4c3)cnc2cn1. The maximum Gasteiger partial charge on any atom is 0.155 e. The summed E-state index contributed by atoms with van der Waals surface area (Å²) in [6.45, 7) is 2.10. The van der Waals surface area contributed by atoms with Crippen LogP contribution in [0, 0.1) is 6.92 Å². The molecule has 0 aliphatic heterocycles. The summed E-state index contributed by atoms with van der Waals surface area (Å²) >= 11 is 0. The van der Waals surface area contributed by atoms with Crippen molar-refractivity contribution in [1.29, 1.82) is 0 Å². The number of aromatic nitrogens is 4. The Bertz CT molecular complexity index is 1250. The van der Waals surface area contributed by atoms with E-state index in [0.717, 1.165) is 39.1 Å². The first kappa shape index (κ1) is 14.8. The second kappa shape index (κ2) is 5.77. The van der Waals surface area contributed by atoms with E-state index in [1.54, 1.807) is 0 Å². The molecule has 4 nitrogen and oxygen atoms in total. The van der Waals surface area contributed by atoms with Gasteiger partial charge in [0.15, 0.2) is 5.65 Å². The average molecular weight is 336 g/mol. The van der Waals surface area contributed by atoms with Gasteiger partial charge in [-0.05, 0) is 30.7 Å². The lowest BCUT2D eigenvalue weighted by Gasteiger charge is -2.08. The first-order chi connectivity index (χ1) is 12.8. The molecule has 0 bridgehead atoms. The van der Waals surface area contributed by atoms with Gasteiger partial charge in [-0.1, -0.05) is 36.4 Å². The van der Waals surface area contributed by atoms with Crippen LogP contribution in [0.15, 0.2) is 79.4 Å². The van der Waals surface area contributed by atoms with Gasteiger partial charge < -0.3 is 0 Å². The summed E-state index contributed by atoms with van der Waals surface area (Å²) in [6, 6.07) is 18.6. The van der Waals surface area contributed by atoms with E-state index in [4.69, 9.17) is 0 Å². The summed E-state index contributed by atoms with van der Waals surface area (Å²) in [5.74, 6) is 0. The molecule has 0 radical (unpaired) electrons. The highest BCUT2D eigenvalue weighted by Crippen LogP contribution is 2.27. The summed E-state index contributed by atoms with van der Waals surface area (Å²) in [5.41, 5.74) is 7.27. The zero-order valence-electron chi connectivity index (χ0n) is 14.3. The lowest BCUT2D eigenvalue weighted by Crippen LogP contribution is -1.94. The van der Waals surface area contributed by atoms with E-state index in [2.05, 4.69) is 62.8 Å². The molecule has 0 saturated carbocycles. The molecule has 4 heteroatoms. The molecule has 3 aromatic heterocycles. The Hall–Kier alpha value is -3.53. The first-order valence-corrected chi connectivity index (χ1v) is 8.54. The summed E-state index contributed by atoms with van der Waals surface area (Å²) in [4.78, 5) is 13.5. The first-order valence-electron chi connectivity index (χ1n) is 8.54. The molecule has 3 heterocycles. The minimum absolute atomic E-state index is 0.837. The van der Waals surface area contributed by atoms with Gasteiger partial charge >= 0.3 is 0 Å². The lowest BCUT2D eigenvalue weighted by atomic mass is 10.1. The third-order valence-electron chi connectivity index (χ3n) is 4.72. The van der Waals surface area contributed by atoms with Crippen molar-refractivity contribution in [3.63, 3.8) is 0 Å². The lowest BCUT2D eigenvalue weighted by molar-refractivity contribution is 1.13. The Kier molecular flexibility index (Phi) is 3.28. The van der Waals surface area contributed by atoms with Gasteiger partial charge in [0.2, 0.25) is 0 Å². The Balaban J connectivity index is 1.70. The molecular formula is C22H16N4. The summed E-state index contributed by atoms with van der Waals surface area (Å²) in [7, 11) is 0. The van der Waals surface area contributed by atoms with Crippen molar-refractivity contribution in [3.05, 3.63) is 84.9 Å². The third-order valence-corrected chi connectivity index (χ3v) is 4.72. The van der Waals surface area contributed by atoms with Gasteiger partial charge in [-0.3, -0.25) is 14.4 Å². The molecule has 5 rings (SSSR count). The van der Waals surface area contributed by atoms with Crippen LogP contribution in [0.1, 0.15) is 5.56 Å². The molecule has 0 amide bonds. The second-order valence-electron chi connectivity index (χ2n) is 6.37. The number of hydrogen-bond donors (Lipinski definition) is 0. The summed E-state index contributed by atoms with van der Waals surface area (Å²) < 4.78 is 2.10. The molecule has 2 aromatic carbocycles. The Morgan fingerprint density at radius 2 is 1.77 bits per heavy atom. The molecule has 0 fully saturated rings. The van der Waals surface area contributed by atoms with Gasteiger partial charge in [-0.2, -0.15) is 0 Å². The largest absolute Gasteiger partial charge is 0.296 e. The van der Waals surface area contributed by atoms with Crippen molar-refractivity contribution in [1.82, 2.24) is 19.4 Å². The van der Waals surface area contributed by atoms with Crippen molar-refractivity contribution in [2.24, 2.45) is 0 Å². The van der Waals surface area contributed by atoms with Crippen LogP contribution in [-0.2, 0) is 0 Å². The zero-order chi connectivity index (χ0) is 17.5. The van der Waals surface area contributed by atoms with Crippen molar-refractivity contribution in [3.8, 4) is 22.5 Å². The van der Waals surface area contributed by atoms with Gasteiger partial charge in [0, 0.05) is 28.9 Å². The smallest absolute Gasteiger partial charge is 0.155 e. The minimum atomic E-state index is 0.837.